The molecule has 1 aliphatic heterocycles. The predicted octanol–water partition coefficient (Wildman–Crippen LogP) is 1.31. The van der Waals surface area contributed by atoms with Crippen molar-refractivity contribution < 1.29 is 18.9 Å². The van der Waals surface area contributed by atoms with Crippen LogP contribution in [0.4, 0.5) is 0 Å². The molecule has 0 spiro atoms. The number of nitrogens with two attached hydrogens (primary N) is 1. The molecule has 0 bridgehead atoms. The highest BCUT2D eigenvalue weighted by atomic mass is 16.7. The number of methoxy groups -OCH3 is 4. The summed E-state index contributed by atoms with van der Waals surface area (Å²) in [5.41, 5.74) is 2.75. The van der Waals surface area contributed by atoms with Gasteiger partial charge in [-0.1, -0.05) is 6.92 Å². The Labute approximate surface area is 151 Å². The van der Waals surface area contributed by atoms with Crippen LogP contribution in [0, 0.1) is 33.5 Å². The Bertz CT molecular complexity index is 882. The first-order valence-corrected chi connectivity index (χ1v) is 7.87. The van der Waals surface area contributed by atoms with Gasteiger partial charge in [0.2, 0.25) is 0 Å². The zero-order valence-corrected chi connectivity index (χ0v) is 15.3. The molecule has 1 fully saturated rings. The van der Waals surface area contributed by atoms with Crippen LogP contribution in [0.15, 0.2) is 23.2 Å². The molecular weight excluding hydrogens is 336 g/mol. The third-order valence-corrected chi connectivity index (χ3v) is 5.96. The first-order valence-electron chi connectivity index (χ1n) is 7.87. The fraction of sp³-hybridized carbons (Fsp3) is 0.500. The molecule has 136 valence electrons. The van der Waals surface area contributed by atoms with Crippen LogP contribution in [0.5, 0.6) is 11.5 Å². The molecule has 0 unspecified atom stereocenters. The van der Waals surface area contributed by atoms with Gasteiger partial charge in [0, 0.05) is 19.8 Å². The molecule has 0 aromatic heterocycles. The highest BCUT2D eigenvalue weighted by Crippen LogP contribution is 2.85. The predicted molar refractivity (Wildman–Crippen MR) is 91.4 cm³/mol. The third-order valence-electron chi connectivity index (χ3n) is 5.96. The second-order valence-corrected chi connectivity index (χ2v) is 6.40. The van der Waals surface area contributed by atoms with Crippen LogP contribution < -0.4 is 15.2 Å². The van der Waals surface area contributed by atoms with Crippen molar-refractivity contribution >= 4 is 5.84 Å². The summed E-state index contributed by atoms with van der Waals surface area (Å²) in [5, 5.41) is 20.3. The lowest BCUT2D eigenvalue weighted by Crippen LogP contribution is -2.44. The molecule has 0 saturated heterocycles. The summed E-state index contributed by atoms with van der Waals surface area (Å²) in [6.45, 7) is 1.77. The second kappa shape index (κ2) is 5.34. The molecule has 0 radical (unpaired) electrons. The maximum Gasteiger partial charge on any atom is 0.293 e. The van der Waals surface area contributed by atoms with Crippen molar-refractivity contribution in [3.63, 3.8) is 0 Å². The Morgan fingerprint density at radius 2 is 1.69 bits per heavy atom. The number of hydrogen-bond donors (Lipinski definition) is 1. The Morgan fingerprint density at radius 1 is 1.04 bits per heavy atom. The standard InChI is InChI=1S/C18H20N4O4/c1-15(12-8-11(23-2)6-7-13(12)24-3)16(9-19)14(21)22-18(25-4,26-5)17(15,16)10-20/h6-8H,1-5H3,(H2,21,22)/t15-,16-,17+/m0/s1. The molecule has 1 aromatic carbocycles. The summed E-state index contributed by atoms with van der Waals surface area (Å²) < 4.78 is 21.8. The minimum Gasteiger partial charge on any atom is -0.497 e. The van der Waals surface area contributed by atoms with E-state index in [9.17, 15) is 10.5 Å². The van der Waals surface area contributed by atoms with Gasteiger partial charge in [-0.05, 0) is 18.2 Å². The van der Waals surface area contributed by atoms with Crippen LogP contribution in [0.1, 0.15) is 12.5 Å². The van der Waals surface area contributed by atoms with Crippen LogP contribution in [-0.4, -0.2) is 40.2 Å². The molecular formula is C18H20N4O4. The van der Waals surface area contributed by atoms with Gasteiger partial charge in [0.05, 0.1) is 31.8 Å². The zero-order valence-electron chi connectivity index (χ0n) is 15.3. The average molecular weight is 356 g/mol. The topological polar surface area (TPSA) is 123 Å². The molecule has 8 nitrogen and oxygen atoms in total. The molecule has 1 saturated carbocycles. The summed E-state index contributed by atoms with van der Waals surface area (Å²) >= 11 is 0. The fourth-order valence-electron chi connectivity index (χ4n) is 4.65. The van der Waals surface area contributed by atoms with E-state index in [4.69, 9.17) is 24.7 Å². The summed E-state index contributed by atoms with van der Waals surface area (Å²) in [6.07, 6.45) is 0. The van der Waals surface area contributed by atoms with E-state index < -0.39 is 22.2 Å². The molecule has 0 amide bonds. The second-order valence-electron chi connectivity index (χ2n) is 6.40. The molecule has 2 N–H and O–H groups in total. The van der Waals surface area contributed by atoms with Crippen LogP contribution in [0.25, 0.3) is 0 Å². The smallest absolute Gasteiger partial charge is 0.293 e. The normalized spacial score (nSPS) is 33.4. The minimum atomic E-state index is -1.70. The maximum absolute atomic E-state index is 10.2. The molecule has 1 heterocycles. The Balaban J connectivity index is 2.39. The van der Waals surface area contributed by atoms with Gasteiger partial charge >= 0.3 is 0 Å². The minimum absolute atomic E-state index is 0.00220. The van der Waals surface area contributed by atoms with Crippen molar-refractivity contribution in [1.82, 2.24) is 0 Å². The number of nitriles is 2. The first kappa shape index (κ1) is 18.0. The van der Waals surface area contributed by atoms with Crippen LogP contribution in [0.2, 0.25) is 0 Å². The van der Waals surface area contributed by atoms with Gasteiger partial charge in [-0.2, -0.15) is 10.5 Å². The van der Waals surface area contributed by atoms with Crippen LogP contribution >= 0.6 is 0 Å². The summed E-state index contributed by atoms with van der Waals surface area (Å²) in [7, 11) is 5.79. The van der Waals surface area contributed by atoms with Crippen molar-refractivity contribution in [2.24, 2.45) is 21.6 Å². The Hall–Kier alpha value is -2.81. The van der Waals surface area contributed by atoms with Gasteiger partial charge in [-0.3, -0.25) is 0 Å². The van der Waals surface area contributed by atoms with Gasteiger partial charge < -0.3 is 24.7 Å². The van der Waals surface area contributed by atoms with Crippen molar-refractivity contribution in [2.45, 2.75) is 18.2 Å². The molecule has 3 atom stereocenters. The molecule has 26 heavy (non-hydrogen) atoms. The average Bonchev–Trinajstić information content (AvgIpc) is 3.09. The maximum atomic E-state index is 10.2. The number of rotatable bonds is 5. The number of ether oxygens (including phenoxy) is 4. The van der Waals surface area contributed by atoms with E-state index in [1.165, 1.54) is 28.4 Å². The van der Waals surface area contributed by atoms with E-state index in [1.54, 1.807) is 25.1 Å². The first-order chi connectivity index (χ1) is 12.4. The highest BCUT2D eigenvalue weighted by molar-refractivity contribution is 6.02. The Kier molecular flexibility index (Phi) is 3.70. The Morgan fingerprint density at radius 3 is 2.15 bits per heavy atom. The van der Waals surface area contributed by atoms with E-state index in [0.717, 1.165) is 0 Å². The van der Waals surface area contributed by atoms with E-state index in [-0.39, 0.29) is 5.84 Å². The van der Waals surface area contributed by atoms with Crippen molar-refractivity contribution in [2.75, 3.05) is 28.4 Å². The van der Waals surface area contributed by atoms with E-state index in [2.05, 4.69) is 17.1 Å². The highest BCUT2D eigenvalue weighted by Gasteiger charge is 3.00. The third kappa shape index (κ3) is 1.45. The summed E-state index contributed by atoms with van der Waals surface area (Å²) in [4.78, 5) is 4.23. The van der Waals surface area contributed by atoms with Crippen molar-refractivity contribution in [3.8, 4) is 23.6 Å². The number of amidine groups is 1. The zero-order chi connectivity index (χ0) is 19.4. The van der Waals surface area contributed by atoms with E-state index in [1.807, 2.05) is 0 Å². The van der Waals surface area contributed by atoms with Gasteiger partial charge in [-0.25, -0.2) is 4.99 Å². The van der Waals surface area contributed by atoms with Gasteiger partial charge in [0.1, 0.15) is 17.3 Å². The number of fused-ring (bicyclic) bond motifs is 1. The van der Waals surface area contributed by atoms with E-state index >= 15 is 0 Å². The summed E-state index contributed by atoms with van der Waals surface area (Å²) in [6, 6.07) is 9.66. The quantitative estimate of drug-likeness (QED) is 0.789. The van der Waals surface area contributed by atoms with Crippen LogP contribution in [-0.2, 0) is 14.9 Å². The number of benzene rings is 1. The molecule has 1 aliphatic carbocycles. The fourth-order valence-corrected chi connectivity index (χ4v) is 4.65. The lowest BCUT2D eigenvalue weighted by Gasteiger charge is -2.32. The number of aliphatic imine (C=N–C) groups is 1. The van der Waals surface area contributed by atoms with Gasteiger partial charge in [-0.15, -0.1) is 0 Å². The molecule has 1 aromatic rings. The van der Waals surface area contributed by atoms with Gasteiger partial charge in [0.25, 0.3) is 5.91 Å². The molecule has 3 rings (SSSR count). The molecule has 8 heteroatoms. The van der Waals surface area contributed by atoms with Crippen LogP contribution in [0.3, 0.4) is 0 Å². The number of hydrogen-bond acceptors (Lipinski definition) is 8. The lowest BCUT2D eigenvalue weighted by atomic mass is 9.84. The number of nitrogens with zero attached hydrogens (tertiary/aromatic N) is 3. The SMILES string of the molecule is COc1ccc(OC)c([C@@]2(C)[C@]3(C#N)C(N)=NC(OC)(OC)[C@@]32C#N)c1. The van der Waals surface area contributed by atoms with Gasteiger partial charge in [0.15, 0.2) is 10.8 Å². The largest absolute Gasteiger partial charge is 0.497 e. The monoisotopic (exact) mass is 356 g/mol. The molecule has 2 aliphatic rings. The summed E-state index contributed by atoms with van der Waals surface area (Å²) in [5.74, 6) is -0.646. The lowest BCUT2D eigenvalue weighted by molar-refractivity contribution is -0.233. The van der Waals surface area contributed by atoms with E-state index in [0.29, 0.717) is 17.1 Å². The van der Waals surface area contributed by atoms with Crippen molar-refractivity contribution in [1.29, 1.82) is 10.5 Å². The van der Waals surface area contributed by atoms with Crippen molar-refractivity contribution in [3.05, 3.63) is 23.8 Å².